The second-order valence-corrected chi connectivity index (χ2v) is 8.85. The molecule has 166 valence electrons. The van der Waals surface area contributed by atoms with Gasteiger partial charge in [0, 0.05) is 12.4 Å². The van der Waals surface area contributed by atoms with Crippen molar-refractivity contribution in [3.63, 3.8) is 0 Å². The zero-order valence-corrected chi connectivity index (χ0v) is 17.8. The number of amides is 1. The molecule has 0 fully saturated rings. The van der Waals surface area contributed by atoms with Crippen LogP contribution in [-0.4, -0.2) is 59.0 Å². The summed E-state index contributed by atoms with van der Waals surface area (Å²) in [7, 11) is -3.61. The number of hydrogen-bond acceptors (Lipinski definition) is 8. The van der Waals surface area contributed by atoms with Gasteiger partial charge in [-0.3, -0.25) is 9.78 Å². The van der Waals surface area contributed by atoms with E-state index >= 15 is 0 Å². The lowest BCUT2D eigenvalue weighted by atomic mass is 9.95. The topological polar surface area (TPSA) is 155 Å². The van der Waals surface area contributed by atoms with Crippen LogP contribution in [0.4, 0.5) is 6.01 Å². The second-order valence-electron chi connectivity index (χ2n) is 7.11. The highest BCUT2D eigenvalue weighted by Crippen LogP contribution is 2.15. The number of pyridine rings is 1. The molecule has 0 bridgehead atoms. The molecule has 0 saturated heterocycles. The first-order valence-corrected chi connectivity index (χ1v) is 11.6. The number of oxazole rings is 1. The number of hydrogen-bond donors (Lipinski definition) is 4. The Balaban J connectivity index is 2.12. The number of unbranched alkanes of at least 4 members (excludes halogenated alkanes) is 2. The number of nitrogens with one attached hydrogen (secondary N) is 2. The highest BCUT2D eigenvalue weighted by Gasteiger charge is 2.29. The van der Waals surface area contributed by atoms with E-state index in [2.05, 4.69) is 15.3 Å². The zero-order chi connectivity index (χ0) is 22.1. The van der Waals surface area contributed by atoms with Gasteiger partial charge in [-0.15, -0.1) is 0 Å². The summed E-state index contributed by atoms with van der Waals surface area (Å²) >= 11 is 0. The Morgan fingerprint density at radius 1 is 1.23 bits per heavy atom. The number of aromatic nitrogens is 2. The number of nitrogens with zero attached hydrogens (tertiary/aromatic N) is 2. The summed E-state index contributed by atoms with van der Waals surface area (Å²) in [5.41, 5.74) is 0.656. The molecule has 3 atom stereocenters. The molecule has 11 heteroatoms. The summed E-state index contributed by atoms with van der Waals surface area (Å²) in [5.74, 6) is -0.667. The smallest absolute Gasteiger partial charge is 0.309 e. The van der Waals surface area contributed by atoms with Crippen molar-refractivity contribution in [1.29, 1.82) is 0 Å². The molecule has 1 amide bonds. The van der Waals surface area contributed by atoms with Crippen molar-refractivity contribution < 1.29 is 27.8 Å². The minimum atomic E-state index is -3.61. The summed E-state index contributed by atoms with van der Waals surface area (Å²) in [6, 6.07) is 2.35. The lowest BCUT2D eigenvalue weighted by Gasteiger charge is -2.27. The van der Waals surface area contributed by atoms with Gasteiger partial charge >= 0.3 is 6.01 Å². The van der Waals surface area contributed by atoms with Crippen LogP contribution in [0.15, 0.2) is 35.2 Å². The molecule has 2 rings (SSSR count). The molecule has 0 aromatic carbocycles. The van der Waals surface area contributed by atoms with Crippen LogP contribution in [0.5, 0.6) is 0 Å². The first kappa shape index (κ1) is 23.8. The molecular weight excluding hydrogens is 412 g/mol. The van der Waals surface area contributed by atoms with Crippen LogP contribution in [0, 0.1) is 0 Å². The summed E-state index contributed by atoms with van der Waals surface area (Å²) in [4.78, 5) is 20.3. The lowest BCUT2D eigenvalue weighted by Crippen LogP contribution is -2.49. The van der Waals surface area contributed by atoms with Gasteiger partial charge in [0.25, 0.3) is 5.91 Å². The minimum Gasteiger partial charge on any atom is -0.431 e. The predicted molar refractivity (Wildman–Crippen MR) is 110 cm³/mol. The highest BCUT2D eigenvalue weighted by atomic mass is 32.2. The van der Waals surface area contributed by atoms with Gasteiger partial charge in [-0.05, 0) is 30.5 Å². The van der Waals surface area contributed by atoms with Crippen molar-refractivity contribution >= 4 is 21.9 Å². The number of carbonyl (C=O) groups is 1. The summed E-state index contributed by atoms with van der Waals surface area (Å²) < 4.78 is 29.5. The van der Waals surface area contributed by atoms with Gasteiger partial charge in [0.05, 0.1) is 18.4 Å². The van der Waals surface area contributed by atoms with Crippen LogP contribution < -0.4 is 10.0 Å². The molecule has 0 aliphatic heterocycles. The number of aliphatic hydroxyl groups excluding tert-OH is 2. The van der Waals surface area contributed by atoms with E-state index in [4.69, 9.17) is 4.42 Å². The van der Waals surface area contributed by atoms with Crippen molar-refractivity contribution in [2.45, 2.75) is 57.3 Å². The minimum absolute atomic E-state index is 0.159. The molecule has 2 aromatic heterocycles. The lowest BCUT2D eigenvalue weighted by molar-refractivity contribution is -0.00834. The third-order valence-electron chi connectivity index (χ3n) is 4.44. The van der Waals surface area contributed by atoms with Crippen LogP contribution in [0.2, 0.25) is 0 Å². The van der Waals surface area contributed by atoms with E-state index in [0.717, 1.165) is 37.3 Å². The van der Waals surface area contributed by atoms with E-state index in [0.29, 0.717) is 6.42 Å². The maximum absolute atomic E-state index is 12.6. The highest BCUT2D eigenvalue weighted by molar-refractivity contribution is 7.91. The second kappa shape index (κ2) is 11.0. The van der Waals surface area contributed by atoms with Gasteiger partial charge in [0.1, 0.15) is 12.4 Å². The Bertz CT molecular complexity index is 903. The van der Waals surface area contributed by atoms with Crippen LogP contribution in [0.25, 0.3) is 0 Å². The normalized spacial score (nSPS) is 14.7. The molecule has 0 saturated carbocycles. The molecule has 3 unspecified atom stereocenters. The van der Waals surface area contributed by atoms with Crippen molar-refractivity contribution in [2.24, 2.45) is 0 Å². The number of anilines is 1. The predicted octanol–water partition coefficient (Wildman–Crippen LogP) is 1.08. The number of aliphatic hydroxyl groups is 2. The maximum atomic E-state index is 12.6. The fourth-order valence-corrected chi connectivity index (χ4v) is 3.31. The molecule has 10 nitrogen and oxygen atoms in total. The number of rotatable bonds is 12. The molecule has 0 spiro atoms. The Kier molecular flexibility index (Phi) is 8.75. The first-order valence-electron chi connectivity index (χ1n) is 9.68. The molecular formula is C19H28N4O6S. The summed E-state index contributed by atoms with van der Waals surface area (Å²) in [6.45, 7) is 2.04. The van der Waals surface area contributed by atoms with Gasteiger partial charge < -0.3 is 19.9 Å². The Hall–Kier alpha value is -2.50. The Morgan fingerprint density at radius 3 is 2.57 bits per heavy atom. The summed E-state index contributed by atoms with van der Waals surface area (Å²) in [6.07, 6.45) is 6.25. The van der Waals surface area contributed by atoms with E-state index in [-0.39, 0.29) is 18.1 Å². The molecule has 0 radical (unpaired) electrons. The van der Waals surface area contributed by atoms with Gasteiger partial charge in [-0.25, -0.2) is 13.1 Å². The number of carbonyl (C=O) groups excluding carboxylic acids is 1. The van der Waals surface area contributed by atoms with Crippen LogP contribution in [0.1, 0.15) is 48.7 Å². The van der Waals surface area contributed by atoms with E-state index in [1.165, 1.54) is 0 Å². The standard InChI is InChI=1S/C19H28N4O6S/c1-3-4-5-6-16(24)17(25)14(11-13-7-9-20-10-8-13)21-18(26)15-12-29-19(22-15)23-30(2,27)28/h7-10,12,14,16-17,24-25H,3-6,11H2,1-2H3,(H,21,26)(H,22,23). The van der Waals surface area contributed by atoms with Crippen LogP contribution in [0.3, 0.4) is 0 Å². The van der Waals surface area contributed by atoms with Gasteiger partial charge in [-0.2, -0.15) is 4.98 Å². The fraction of sp³-hybridized carbons (Fsp3) is 0.526. The molecule has 30 heavy (non-hydrogen) atoms. The van der Waals surface area contributed by atoms with E-state index in [1.54, 1.807) is 24.5 Å². The first-order chi connectivity index (χ1) is 14.2. The number of sulfonamides is 1. The summed E-state index contributed by atoms with van der Waals surface area (Å²) in [5, 5.41) is 23.7. The Morgan fingerprint density at radius 2 is 1.93 bits per heavy atom. The van der Waals surface area contributed by atoms with E-state index < -0.39 is 34.2 Å². The van der Waals surface area contributed by atoms with Crippen molar-refractivity contribution in [3.8, 4) is 0 Å². The third kappa shape index (κ3) is 7.73. The third-order valence-corrected chi connectivity index (χ3v) is 4.99. The molecule has 0 aliphatic rings. The average molecular weight is 441 g/mol. The van der Waals surface area contributed by atoms with Gasteiger partial charge in [0.15, 0.2) is 5.69 Å². The van der Waals surface area contributed by atoms with Crippen molar-refractivity contribution in [3.05, 3.63) is 42.0 Å². The van der Waals surface area contributed by atoms with Gasteiger partial charge in [0.2, 0.25) is 10.0 Å². The average Bonchev–Trinajstić information content (AvgIpc) is 3.14. The Labute approximate surface area is 175 Å². The van der Waals surface area contributed by atoms with Crippen LogP contribution >= 0.6 is 0 Å². The van der Waals surface area contributed by atoms with Crippen molar-refractivity contribution in [2.75, 3.05) is 11.0 Å². The van der Waals surface area contributed by atoms with E-state index in [9.17, 15) is 23.4 Å². The molecule has 4 N–H and O–H groups in total. The van der Waals surface area contributed by atoms with Crippen molar-refractivity contribution in [1.82, 2.24) is 15.3 Å². The maximum Gasteiger partial charge on any atom is 0.309 e. The fourth-order valence-electron chi connectivity index (χ4n) is 2.90. The monoisotopic (exact) mass is 440 g/mol. The van der Waals surface area contributed by atoms with Crippen LogP contribution in [-0.2, 0) is 16.4 Å². The SMILES string of the molecule is CCCCCC(O)C(O)C(Cc1ccncc1)NC(=O)c1coc(NS(C)(=O)=O)n1. The quantitative estimate of drug-likeness (QED) is 0.358. The van der Waals surface area contributed by atoms with Gasteiger partial charge in [-0.1, -0.05) is 26.2 Å². The zero-order valence-electron chi connectivity index (χ0n) is 17.0. The molecule has 0 aliphatic carbocycles. The largest absolute Gasteiger partial charge is 0.431 e. The molecule has 2 aromatic rings. The molecule has 2 heterocycles. The van der Waals surface area contributed by atoms with E-state index in [1.807, 2.05) is 11.6 Å².